The van der Waals surface area contributed by atoms with E-state index < -0.39 is 43.4 Å². The van der Waals surface area contributed by atoms with Gasteiger partial charge in [-0.25, -0.2) is 19.6 Å². The van der Waals surface area contributed by atoms with Gasteiger partial charge in [-0.05, 0) is 70.0 Å². The van der Waals surface area contributed by atoms with Gasteiger partial charge in [-0.1, -0.05) is 19.6 Å². The number of carbonyl (C=O) groups excluding carboxylic acids is 3. The number of alkyl halides is 6. The molecule has 6 rings (SSSR count). The summed E-state index contributed by atoms with van der Waals surface area (Å²) in [6, 6.07) is 15.1. The van der Waals surface area contributed by atoms with Crippen LogP contribution in [0.5, 0.6) is 11.5 Å². The van der Waals surface area contributed by atoms with E-state index in [1.807, 2.05) is 56.3 Å². The predicted molar refractivity (Wildman–Crippen MR) is 234 cm³/mol. The fourth-order valence-corrected chi connectivity index (χ4v) is 6.12. The number of anilines is 2. The maximum Gasteiger partial charge on any atom is 0.405 e. The summed E-state index contributed by atoms with van der Waals surface area (Å²) >= 11 is 0. The molecule has 346 valence electrons. The average Bonchev–Trinajstić information content (AvgIpc) is 3.86. The number of halogens is 6. The van der Waals surface area contributed by atoms with Crippen LogP contribution < -0.4 is 41.8 Å². The second-order valence-electron chi connectivity index (χ2n) is 14.4. The van der Waals surface area contributed by atoms with Gasteiger partial charge < -0.3 is 41.8 Å². The lowest BCUT2D eigenvalue weighted by atomic mass is 10.1. The fraction of sp³-hybridized carbons (Fsp3) is 0.295. The number of rotatable bonds is 13. The molecule has 0 saturated carbocycles. The number of fused-ring (bicyclic) bond motifs is 2. The number of nitrogens with one attached hydrogen (secondary N) is 5. The molecule has 15 nitrogen and oxygen atoms in total. The van der Waals surface area contributed by atoms with Crippen molar-refractivity contribution in [3.8, 4) is 46.4 Å². The van der Waals surface area contributed by atoms with E-state index >= 15 is 0 Å². The van der Waals surface area contributed by atoms with Crippen molar-refractivity contribution in [3.05, 3.63) is 96.6 Å². The van der Waals surface area contributed by atoms with Gasteiger partial charge in [0.2, 0.25) is 0 Å². The monoisotopic (exact) mass is 910 g/mol. The Balaban J connectivity index is 0.000000282. The number of pyridine rings is 2. The highest BCUT2D eigenvalue weighted by Gasteiger charge is 2.29. The van der Waals surface area contributed by atoms with Crippen LogP contribution in [0.15, 0.2) is 85.5 Å². The van der Waals surface area contributed by atoms with Crippen molar-refractivity contribution in [2.24, 2.45) is 5.73 Å². The van der Waals surface area contributed by atoms with Crippen LogP contribution in [0, 0.1) is 12.3 Å². The Morgan fingerprint density at radius 3 is 1.54 bits per heavy atom. The smallest absolute Gasteiger partial charge is 0.405 e. The molecule has 0 aliphatic heterocycles. The zero-order chi connectivity index (χ0) is 46.8. The first-order valence-electron chi connectivity index (χ1n) is 19.4. The van der Waals surface area contributed by atoms with Gasteiger partial charge in [0.05, 0.1) is 36.0 Å². The quantitative estimate of drug-likeness (QED) is 0.0493. The van der Waals surface area contributed by atoms with Crippen molar-refractivity contribution in [3.63, 3.8) is 0 Å². The van der Waals surface area contributed by atoms with Gasteiger partial charge in [-0.3, -0.25) is 13.6 Å². The molecule has 0 atom stereocenters. The number of hydrogen-bond acceptors (Lipinski definition) is 8. The van der Waals surface area contributed by atoms with E-state index in [4.69, 9.17) is 21.6 Å². The van der Waals surface area contributed by atoms with Gasteiger partial charge in [-0.15, -0.1) is 6.42 Å². The van der Waals surface area contributed by atoms with Crippen molar-refractivity contribution in [2.75, 3.05) is 23.7 Å². The van der Waals surface area contributed by atoms with Crippen LogP contribution in [0.3, 0.4) is 0 Å². The summed E-state index contributed by atoms with van der Waals surface area (Å²) in [7, 11) is 0. The van der Waals surface area contributed by atoms with Gasteiger partial charge in [0.25, 0.3) is 5.91 Å². The summed E-state index contributed by atoms with van der Waals surface area (Å²) in [4.78, 5) is 44.1. The number of terminal acetylenes is 1. The first kappa shape index (κ1) is 50.2. The molecule has 0 fully saturated rings. The van der Waals surface area contributed by atoms with Crippen LogP contribution in [-0.2, 0) is 17.9 Å². The molecule has 0 aliphatic carbocycles. The molecule has 7 N–H and O–H groups in total. The zero-order valence-electron chi connectivity index (χ0n) is 34.8. The average molecular weight is 911 g/mol. The first-order chi connectivity index (χ1) is 30.2. The van der Waals surface area contributed by atoms with Gasteiger partial charge in [0, 0.05) is 71.2 Å². The topological polar surface area (TPSA) is 190 Å². The maximum absolute atomic E-state index is 12.4. The van der Waals surface area contributed by atoms with Crippen LogP contribution in [0.2, 0.25) is 0 Å². The standard InChI is InChI=1S/C23H22F3N5O3.C20H22F3N5O2.CH4/c1-4-20(32)27-11-15-6-5-7-31-19(12-28-21(15)31)16-8-17(10-18(9-16)34-14(2)3)30-22(33)29-13-23(24,25)26;1-12(2)30-16-7-14(6-15(8-16)27-19(29)26-11-20(21,22)23)17-10-25-18-13(9-24)4-3-5-28(17)18;/h1,5-10,12,14H,11,13H2,2-3H3,(H,27,32)(H2,29,30,33);3-8,10,12H,9,11,24H2,1-2H3,(H2,26,27,29);1H4. The van der Waals surface area contributed by atoms with Crippen molar-refractivity contribution >= 4 is 40.6 Å². The van der Waals surface area contributed by atoms with Crippen molar-refractivity contribution in [1.29, 1.82) is 0 Å². The van der Waals surface area contributed by atoms with Gasteiger partial charge in [0.1, 0.15) is 35.9 Å². The first-order valence-corrected chi connectivity index (χ1v) is 19.4. The minimum absolute atomic E-state index is 0. The van der Waals surface area contributed by atoms with Crippen LogP contribution >= 0.6 is 0 Å². The molecule has 21 heteroatoms. The summed E-state index contributed by atoms with van der Waals surface area (Å²) in [5.74, 6) is 2.30. The lowest BCUT2D eigenvalue weighted by molar-refractivity contribution is -0.123. The van der Waals surface area contributed by atoms with Crippen LogP contribution in [0.1, 0.15) is 46.2 Å². The van der Waals surface area contributed by atoms with E-state index in [0.29, 0.717) is 51.9 Å². The molecule has 0 bridgehead atoms. The van der Waals surface area contributed by atoms with Crippen LogP contribution in [0.25, 0.3) is 33.8 Å². The molecule has 0 unspecified atom stereocenters. The Labute approximate surface area is 370 Å². The van der Waals surface area contributed by atoms with E-state index in [-0.39, 0.29) is 37.6 Å². The summed E-state index contributed by atoms with van der Waals surface area (Å²) in [6.07, 6.45) is 2.59. The minimum Gasteiger partial charge on any atom is -0.491 e. The SMILES string of the molecule is C.C#CC(=O)NCc1cccn2c(-c3cc(NC(=O)NCC(F)(F)F)cc(OC(C)C)c3)cnc12.CC(C)Oc1cc(NC(=O)NCC(F)(F)F)cc(-c2cnc3c(CN)cccn23)c1. The number of aromatic nitrogens is 4. The largest absolute Gasteiger partial charge is 0.491 e. The van der Waals surface area contributed by atoms with Crippen LogP contribution in [0.4, 0.5) is 47.3 Å². The number of nitrogens with zero attached hydrogens (tertiary/aromatic N) is 4. The Morgan fingerprint density at radius 2 is 1.14 bits per heavy atom. The molecule has 6 aromatic rings. The normalized spacial score (nSPS) is 11.3. The van der Waals surface area contributed by atoms with E-state index in [2.05, 4.69) is 25.9 Å². The number of nitrogens with two attached hydrogens (primary N) is 1. The molecule has 0 aliphatic rings. The number of ether oxygens (including phenoxy) is 2. The second kappa shape index (κ2) is 21.7. The molecule has 65 heavy (non-hydrogen) atoms. The molecular formula is C44H48F6N10O5. The fourth-order valence-electron chi connectivity index (χ4n) is 6.12. The van der Waals surface area contributed by atoms with Crippen molar-refractivity contribution in [1.82, 2.24) is 34.7 Å². The van der Waals surface area contributed by atoms with Crippen LogP contribution in [-0.4, -0.2) is 74.4 Å². The summed E-state index contributed by atoms with van der Waals surface area (Å²) in [6.45, 7) is 4.94. The number of amides is 5. The third kappa shape index (κ3) is 14.5. The Bertz CT molecular complexity index is 2650. The second-order valence-corrected chi connectivity index (χ2v) is 14.4. The molecule has 0 spiro atoms. The number of urea groups is 2. The maximum atomic E-state index is 12.4. The van der Waals surface area contributed by atoms with E-state index in [1.165, 1.54) is 6.07 Å². The molecule has 5 amide bonds. The van der Waals surface area contributed by atoms with E-state index in [1.54, 1.807) is 76.1 Å². The zero-order valence-corrected chi connectivity index (χ0v) is 34.8. The lowest BCUT2D eigenvalue weighted by Gasteiger charge is -2.15. The van der Waals surface area contributed by atoms with E-state index in [0.717, 1.165) is 11.1 Å². The van der Waals surface area contributed by atoms with Crippen molar-refractivity contribution in [2.45, 2.75) is 72.8 Å². The Morgan fingerprint density at radius 1 is 0.708 bits per heavy atom. The Hall–Kier alpha value is -7.47. The predicted octanol–water partition coefficient (Wildman–Crippen LogP) is 8.29. The molecule has 4 heterocycles. The molecule has 0 saturated heterocycles. The number of carbonyl (C=O) groups is 3. The minimum atomic E-state index is -4.53. The molecule has 2 aromatic carbocycles. The summed E-state index contributed by atoms with van der Waals surface area (Å²) < 4.78 is 89.4. The number of benzene rings is 2. The van der Waals surface area contributed by atoms with Crippen molar-refractivity contribution < 1.29 is 50.2 Å². The molecule has 0 radical (unpaired) electrons. The highest BCUT2D eigenvalue weighted by molar-refractivity contribution is 5.93. The highest BCUT2D eigenvalue weighted by Crippen LogP contribution is 2.32. The lowest BCUT2D eigenvalue weighted by Crippen LogP contribution is -2.36. The number of hydrogen-bond donors (Lipinski definition) is 6. The van der Waals surface area contributed by atoms with E-state index in [9.17, 15) is 40.7 Å². The molecular weight excluding hydrogens is 863 g/mol. The summed E-state index contributed by atoms with van der Waals surface area (Å²) in [5.41, 5.74) is 11.8. The van der Waals surface area contributed by atoms with Gasteiger partial charge in [0.15, 0.2) is 0 Å². The third-order valence-electron chi connectivity index (χ3n) is 8.59. The summed E-state index contributed by atoms with van der Waals surface area (Å²) in [5, 5.41) is 11.0. The third-order valence-corrected chi connectivity index (χ3v) is 8.59. The molecule has 4 aromatic heterocycles. The van der Waals surface area contributed by atoms with Gasteiger partial charge in [-0.2, -0.15) is 26.3 Å². The Kier molecular flexibility index (Phi) is 16.8. The van der Waals surface area contributed by atoms with Gasteiger partial charge >= 0.3 is 24.4 Å². The number of imidazole rings is 2. The highest BCUT2D eigenvalue weighted by atomic mass is 19.4.